The summed E-state index contributed by atoms with van der Waals surface area (Å²) in [6.45, 7) is 4.53. The number of benzene rings is 1. The summed E-state index contributed by atoms with van der Waals surface area (Å²) < 4.78 is 11.3. The van der Waals surface area contributed by atoms with Gasteiger partial charge in [-0.05, 0) is 37.6 Å². The molecule has 0 radical (unpaired) electrons. The average Bonchev–Trinajstić information content (AvgIpc) is 2.67. The Morgan fingerprint density at radius 1 is 1.32 bits per heavy atom. The lowest BCUT2D eigenvalue weighted by Gasteiger charge is -2.16. The average molecular weight is 259 g/mol. The van der Waals surface area contributed by atoms with Crippen molar-refractivity contribution in [3.8, 4) is 23.8 Å². The summed E-state index contributed by atoms with van der Waals surface area (Å²) in [5.74, 6) is 4.35. The van der Waals surface area contributed by atoms with E-state index >= 15 is 0 Å². The smallest absolute Gasteiger partial charge is 0.161 e. The van der Waals surface area contributed by atoms with Gasteiger partial charge in [0.05, 0.1) is 13.2 Å². The Bertz CT molecular complexity index is 451. The first kappa shape index (κ1) is 13.8. The summed E-state index contributed by atoms with van der Waals surface area (Å²) in [6.07, 6.45) is 8.00. The second-order valence-electron chi connectivity index (χ2n) is 4.74. The van der Waals surface area contributed by atoms with Crippen LogP contribution in [0.4, 0.5) is 0 Å². The summed E-state index contributed by atoms with van der Waals surface area (Å²) >= 11 is 0. The molecule has 0 spiro atoms. The van der Waals surface area contributed by atoms with Gasteiger partial charge in [0.2, 0.25) is 0 Å². The molecule has 3 heteroatoms. The van der Waals surface area contributed by atoms with E-state index in [4.69, 9.17) is 15.9 Å². The third-order valence-corrected chi connectivity index (χ3v) is 3.22. The molecule has 0 saturated heterocycles. The number of rotatable bonds is 5. The second-order valence-corrected chi connectivity index (χ2v) is 4.74. The van der Waals surface area contributed by atoms with Gasteiger partial charge in [0.25, 0.3) is 0 Å². The topological polar surface area (TPSA) is 30.5 Å². The van der Waals surface area contributed by atoms with Gasteiger partial charge in [0.15, 0.2) is 11.5 Å². The molecular weight excluding hydrogens is 238 g/mol. The lowest BCUT2D eigenvalue weighted by Crippen LogP contribution is -2.19. The van der Waals surface area contributed by atoms with E-state index in [1.165, 1.54) is 5.56 Å². The number of ether oxygens (including phenoxy) is 2. The molecule has 0 saturated carbocycles. The highest BCUT2D eigenvalue weighted by Gasteiger charge is 2.13. The van der Waals surface area contributed by atoms with Crippen LogP contribution in [0.15, 0.2) is 18.2 Å². The molecule has 0 bridgehead atoms. The van der Waals surface area contributed by atoms with E-state index in [1.54, 1.807) is 0 Å². The zero-order valence-corrected chi connectivity index (χ0v) is 11.4. The van der Waals surface area contributed by atoms with Crippen LogP contribution in [0.5, 0.6) is 11.5 Å². The van der Waals surface area contributed by atoms with E-state index in [-0.39, 0.29) is 6.04 Å². The SMILES string of the molecule is C#CCCCNC(C)c1ccc2c(c1)OCCCO2. The van der Waals surface area contributed by atoms with Crippen LogP contribution in [0, 0.1) is 12.3 Å². The molecule has 19 heavy (non-hydrogen) atoms. The first-order valence-corrected chi connectivity index (χ1v) is 6.87. The van der Waals surface area contributed by atoms with Crippen LogP contribution in [0.1, 0.15) is 37.8 Å². The highest BCUT2D eigenvalue weighted by molar-refractivity contribution is 5.44. The van der Waals surface area contributed by atoms with Crippen LogP contribution in [0.25, 0.3) is 0 Å². The van der Waals surface area contributed by atoms with Crippen molar-refractivity contribution < 1.29 is 9.47 Å². The van der Waals surface area contributed by atoms with E-state index in [9.17, 15) is 0 Å². The van der Waals surface area contributed by atoms with Crippen LogP contribution in [-0.2, 0) is 0 Å². The molecule has 1 N–H and O–H groups in total. The maximum atomic E-state index is 5.70. The first-order valence-electron chi connectivity index (χ1n) is 6.87. The molecule has 1 aliphatic heterocycles. The number of nitrogens with one attached hydrogen (secondary N) is 1. The predicted molar refractivity (Wildman–Crippen MR) is 76.5 cm³/mol. The molecular formula is C16H21NO2. The van der Waals surface area contributed by atoms with Crippen LogP contribution in [0.2, 0.25) is 0 Å². The normalized spacial score (nSPS) is 15.4. The minimum absolute atomic E-state index is 0.287. The van der Waals surface area contributed by atoms with E-state index in [2.05, 4.69) is 30.3 Å². The van der Waals surface area contributed by atoms with E-state index in [0.717, 1.165) is 50.5 Å². The van der Waals surface area contributed by atoms with Gasteiger partial charge in [-0.3, -0.25) is 0 Å². The molecule has 2 rings (SSSR count). The molecule has 1 aliphatic rings. The third kappa shape index (κ3) is 3.90. The van der Waals surface area contributed by atoms with Crippen molar-refractivity contribution >= 4 is 0 Å². The highest BCUT2D eigenvalue weighted by atomic mass is 16.5. The molecule has 0 aromatic heterocycles. The third-order valence-electron chi connectivity index (χ3n) is 3.22. The summed E-state index contributed by atoms with van der Waals surface area (Å²) in [5.41, 5.74) is 1.21. The molecule has 102 valence electrons. The van der Waals surface area contributed by atoms with Crippen molar-refractivity contribution in [2.45, 2.75) is 32.2 Å². The zero-order chi connectivity index (χ0) is 13.5. The van der Waals surface area contributed by atoms with Gasteiger partial charge >= 0.3 is 0 Å². The van der Waals surface area contributed by atoms with Crippen molar-refractivity contribution in [1.82, 2.24) is 5.32 Å². The van der Waals surface area contributed by atoms with Gasteiger partial charge in [-0.25, -0.2) is 0 Å². The Labute approximate surface area is 115 Å². The fourth-order valence-corrected chi connectivity index (χ4v) is 2.08. The number of fused-ring (bicyclic) bond motifs is 1. The molecule has 0 aliphatic carbocycles. The lowest BCUT2D eigenvalue weighted by molar-refractivity contribution is 0.297. The fraction of sp³-hybridized carbons (Fsp3) is 0.500. The molecule has 1 aromatic rings. The van der Waals surface area contributed by atoms with Gasteiger partial charge in [0, 0.05) is 18.9 Å². The van der Waals surface area contributed by atoms with Crippen LogP contribution in [-0.4, -0.2) is 19.8 Å². The predicted octanol–water partition coefficient (Wildman–Crippen LogP) is 2.91. The van der Waals surface area contributed by atoms with Crippen molar-refractivity contribution in [3.63, 3.8) is 0 Å². The Morgan fingerprint density at radius 3 is 2.89 bits per heavy atom. The summed E-state index contributed by atoms with van der Waals surface area (Å²) in [5, 5.41) is 3.46. The van der Waals surface area contributed by atoms with E-state index in [0.29, 0.717) is 0 Å². The van der Waals surface area contributed by atoms with Crippen molar-refractivity contribution in [2.75, 3.05) is 19.8 Å². The molecule has 3 nitrogen and oxygen atoms in total. The Morgan fingerprint density at radius 2 is 2.11 bits per heavy atom. The monoisotopic (exact) mass is 259 g/mol. The standard InChI is InChI=1S/C16H21NO2/c1-3-4-5-9-17-13(2)14-7-8-15-16(12-14)19-11-6-10-18-15/h1,7-8,12-13,17H,4-6,9-11H2,2H3. The second kappa shape index (κ2) is 7.06. The molecule has 1 atom stereocenters. The number of terminal acetylenes is 1. The quantitative estimate of drug-likeness (QED) is 0.651. The number of hydrogen-bond donors (Lipinski definition) is 1. The molecule has 0 amide bonds. The minimum Gasteiger partial charge on any atom is -0.490 e. The Kier molecular flexibility index (Phi) is 5.11. The molecule has 0 fully saturated rings. The van der Waals surface area contributed by atoms with E-state index < -0.39 is 0 Å². The highest BCUT2D eigenvalue weighted by Crippen LogP contribution is 2.32. The van der Waals surface area contributed by atoms with Crippen LogP contribution >= 0.6 is 0 Å². The first-order chi connectivity index (χ1) is 9.31. The van der Waals surface area contributed by atoms with Crippen molar-refractivity contribution in [2.24, 2.45) is 0 Å². The molecule has 1 heterocycles. The van der Waals surface area contributed by atoms with Crippen LogP contribution < -0.4 is 14.8 Å². The minimum atomic E-state index is 0.287. The maximum Gasteiger partial charge on any atom is 0.161 e. The lowest BCUT2D eigenvalue weighted by atomic mass is 10.1. The summed E-state index contributed by atoms with van der Waals surface area (Å²) in [7, 11) is 0. The van der Waals surface area contributed by atoms with Gasteiger partial charge in [-0.1, -0.05) is 6.07 Å². The van der Waals surface area contributed by atoms with E-state index in [1.807, 2.05) is 6.07 Å². The largest absolute Gasteiger partial charge is 0.490 e. The number of hydrogen-bond acceptors (Lipinski definition) is 3. The van der Waals surface area contributed by atoms with Gasteiger partial charge < -0.3 is 14.8 Å². The molecule has 1 unspecified atom stereocenters. The van der Waals surface area contributed by atoms with Gasteiger partial charge in [-0.15, -0.1) is 12.3 Å². The Balaban J connectivity index is 1.96. The van der Waals surface area contributed by atoms with Crippen LogP contribution in [0.3, 0.4) is 0 Å². The fourth-order valence-electron chi connectivity index (χ4n) is 2.08. The molecule has 1 aromatic carbocycles. The van der Waals surface area contributed by atoms with Crippen molar-refractivity contribution in [3.05, 3.63) is 23.8 Å². The summed E-state index contributed by atoms with van der Waals surface area (Å²) in [6, 6.07) is 6.44. The number of unbranched alkanes of at least 4 members (excludes halogenated alkanes) is 1. The van der Waals surface area contributed by atoms with Gasteiger partial charge in [-0.2, -0.15) is 0 Å². The maximum absolute atomic E-state index is 5.70. The van der Waals surface area contributed by atoms with Gasteiger partial charge in [0.1, 0.15) is 0 Å². The zero-order valence-electron chi connectivity index (χ0n) is 11.4. The Hall–Kier alpha value is -1.66. The van der Waals surface area contributed by atoms with Crippen molar-refractivity contribution in [1.29, 1.82) is 0 Å². The summed E-state index contributed by atoms with van der Waals surface area (Å²) in [4.78, 5) is 0.